The Morgan fingerprint density at radius 1 is 1.09 bits per heavy atom. The molecule has 196 valence electrons. The van der Waals surface area contributed by atoms with Crippen molar-refractivity contribution < 1.29 is 9.59 Å². The van der Waals surface area contributed by atoms with E-state index in [2.05, 4.69) is 55.0 Å². The minimum Gasteiger partial charge on any atom is -0.342 e. The number of amides is 2. The molecule has 1 unspecified atom stereocenters. The van der Waals surface area contributed by atoms with Crippen LogP contribution in [-0.4, -0.2) is 63.0 Å². The van der Waals surface area contributed by atoms with Crippen LogP contribution in [0.5, 0.6) is 0 Å². The number of aromatic nitrogens is 2. The lowest BCUT2D eigenvalue weighted by Crippen LogP contribution is -2.73. The van der Waals surface area contributed by atoms with Crippen LogP contribution in [0.15, 0.2) is 0 Å². The highest BCUT2D eigenvalue weighted by Crippen LogP contribution is 2.43. The molecule has 1 aromatic rings. The molecule has 1 spiro atoms. The highest BCUT2D eigenvalue weighted by molar-refractivity contribution is 6.00. The average Bonchev–Trinajstić information content (AvgIpc) is 3.17. The summed E-state index contributed by atoms with van der Waals surface area (Å²) in [6, 6.07) is -0.0410. The van der Waals surface area contributed by atoms with Crippen molar-refractivity contribution in [2.45, 2.75) is 116 Å². The lowest BCUT2D eigenvalue weighted by atomic mass is 9.76. The number of carbonyl (C=O) groups excluding carboxylic acids is 2. The van der Waals surface area contributed by atoms with E-state index in [1.807, 2.05) is 4.90 Å². The first kappa shape index (κ1) is 26.2. The van der Waals surface area contributed by atoms with Crippen LogP contribution in [-0.2, 0) is 9.59 Å². The van der Waals surface area contributed by atoms with Gasteiger partial charge < -0.3 is 10.2 Å². The Morgan fingerprint density at radius 3 is 2.34 bits per heavy atom. The van der Waals surface area contributed by atoms with Crippen LogP contribution in [0, 0.1) is 25.7 Å². The third-order valence-electron chi connectivity index (χ3n) is 8.85. The summed E-state index contributed by atoms with van der Waals surface area (Å²) in [5.41, 5.74) is 2.93. The van der Waals surface area contributed by atoms with Crippen molar-refractivity contribution >= 4 is 11.8 Å². The van der Waals surface area contributed by atoms with Gasteiger partial charge in [0.25, 0.3) is 0 Å². The van der Waals surface area contributed by atoms with Gasteiger partial charge in [0.1, 0.15) is 11.6 Å². The van der Waals surface area contributed by atoms with E-state index in [1.165, 1.54) is 43.4 Å². The number of piperidine rings is 1. The molecular weight excluding hydrogens is 438 g/mol. The second-order valence-corrected chi connectivity index (χ2v) is 11.8. The molecule has 7 heteroatoms. The standard InChI is InChI=1S/C28H47N5O2/c1-6-7-15-33-26(34)23(18-19(2)3)29-27(35)28(33)13-16-32(17-14-28)25(22-11-9-8-10-12-22)24-20(4)30-31-21(24)5/h19,22-23,25H,6-18H2,1-5H3,(H,29,35)(H,30,31)/t23-,25?/m0/s1. The van der Waals surface area contributed by atoms with Crippen LogP contribution < -0.4 is 5.32 Å². The summed E-state index contributed by atoms with van der Waals surface area (Å²) < 4.78 is 0. The van der Waals surface area contributed by atoms with E-state index in [4.69, 9.17) is 0 Å². The number of carbonyl (C=O) groups is 2. The van der Waals surface area contributed by atoms with E-state index in [1.54, 1.807) is 0 Å². The van der Waals surface area contributed by atoms with Gasteiger partial charge >= 0.3 is 0 Å². The zero-order chi connectivity index (χ0) is 25.2. The Bertz CT molecular complexity index is 860. The predicted molar refractivity (Wildman–Crippen MR) is 139 cm³/mol. The smallest absolute Gasteiger partial charge is 0.246 e. The van der Waals surface area contributed by atoms with Crippen LogP contribution in [0.3, 0.4) is 0 Å². The lowest BCUT2D eigenvalue weighted by Gasteiger charge is -2.53. The fourth-order valence-corrected chi connectivity index (χ4v) is 6.98. The van der Waals surface area contributed by atoms with Gasteiger partial charge in [-0.2, -0.15) is 5.10 Å². The second kappa shape index (κ2) is 11.0. The third kappa shape index (κ3) is 5.16. The number of aryl methyl sites for hydroxylation is 2. The van der Waals surface area contributed by atoms with Crippen molar-refractivity contribution in [3.63, 3.8) is 0 Å². The van der Waals surface area contributed by atoms with Crippen molar-refractivity contribution in [1.29, 1.82) is 0 Å². The largest absolute Gasteiger partial charge is 0.342 e. The molecule has 2 atom stereocenters. The number of rotatable bonds is 8. The Hall–Kier alpha value is -1.89. The molecule has 2 saturated heterocycles. The number of likely N-dealkylation sites (tertiary alicyclic amines) is 1. The molecule has 2 aliphatic heterocycles. The summed E-state index contributed by atoms with van der Waals surface area (Å²) in [5.74, 6) is 1.20. The van der Waals surface area contributed by atoms with Gasteiger partial charge in [-0.3, -0.25) is 19.6 Å². The van der Waals surface area contributed by atoms with E-state index in [9.17, 15) is 9.59 Å². The number of piperazine rings is 1. The molecule has 2 N–H and O–H groups in total. The van der Waals surface area contributed by atoms with E-state index >= 15 is 0 Å². The van der Waals surface area contributed by atoms with Crippen molar-refractivity contribution in [1.82, 2.24) is 25.3 Å². The van der Waals surface area contributed by atoms with Gasteiger partial charge in [-0.25, -0.2) is 0 Å². The molecule has 1 saturated carbocycles. The van der Waals surface area contributed by atoms with Crippen LogP contribution in [0.2, 0.25) is 0 Å². The maximum Gasteiger partial charge on any atom is 0.246 e. The SMILES string of the molecule is CCCCN1C(=O)[C@H](CC(C)C)NC(=O)C12CCN(C(c1c(C)n[nH]c1C)C1CCCCC1)CC2. The molecular formula is C28H47N5O2. The van der Waals surface area contributed by atoms with Crippen LogP contribution in [0.25, 0.3) is 0 Å². The third-order valence-corrected chi connectivity index (χ3v) is 8.85. The van der Waals surface area contributed by atoms with Gasteiger partial charge in [0.05, 0.1) is 5.69 Å². The van der Waals surface area contributed by atoms with Gasteiger partial charge in [-0.1, -0.05) is 46.5 Å². The first-order valence-corrected chi connectivity index (χ1v) is 14.2. The van der Waals surface area contributed by atoms with Crippen molar-refractivity contribution in [2.24, 2.45) is 11.8 Å². The molecule has 0 radical (unpaired) electrons. The predicted octanol–water partition coefficient (Wildman–Crippen LogP) is 4.66. The van der Waals surface area contributed by atoms with Crippen LogP contribution >= 0.6 is 0 Å². The molecule has 3 heterocycles. The van der Waals surface area contributed by atoms with Gasteiger partial charge in [-0.05, 0) is 64.2 Å². The summed E-state index contributed by atoms with van der Waals surface area (Å²) in [5, 5.41) is 10.9. The number of unbranched alkanes of at least 4 members (excludes halogenated alkanes) is 1. The monoisotopic (exact) mass is 485 g/mol. The minimum absolute atomic E-state index is 0.0726. The van der Waals surface area contributed by atoms with Crippen LogP contribution in [0.4, 0.5) is 0 Å². The molecule has 2 amide bonds. The van der Waals surface area contributed by atoms with Gasteiger partial charge in [0.2, 0.25) is 11.8 Å². The van der Waals surface area contributed by atoms with E-state index < -0.39 is 5.54 Å². The first-order valence-electron chi connectivity index (χ1n) is 14.2. The summed E-state index contributed by atoms with van der Waals surface area (Å²) in [7, 11) is 0. The summed E-state index contributed by atoms with van der Waals surface area (Å²) in [6.45, 7) is 13.0. The molecule has 1 aliphatic carbocycles. The van der Waals surface area contributed by atoms with Crippen molar-refractivity contribution in [3.05, 3.63) is 17.0 Å². The van der Waals surface area contributed by atoms with Gasteiger partial charge in [0.15, 0.2) is 0 Å². The quantitative estimate of drug-likeness (QED) is 0.561. The molecule has 0 bridgehead atoms. The Morgan fingerprint density at radius 2 is 1.77 bits per heavy atom. The maximum absolute atomic E-state index is 13.7. The van der Waals surface area contributed by atoms with Gasteiger partial charge in [0, 0.05) is 36.9 Å². The Labute approximate surface area is 211 Å². The van der Waals surface area contributed by atoms with Crippen molar-refractivity contribution in [2.75, 3.05) is 19.6 Å². The maximum atomic E-state index is 13.7. The summed E-state index contributed by atoms with van der Waals surface area (Å²) in [4.78, 5) is 31.9. The number of aromatic amines is 1. The normalized spacial score (nSPS) is 24.9. The number of nitrogens with zero attached hydrogens (tertiary/aromatic N) is 3. The zero-order valence-corrected chi connectivity index (χ0v) is 22.7. The zero-order valence-electron chi connectivity index (χ0n) is 22.7. The molecule has 1 aromatic heterocycles. The molecule has 0 aromatic carbocycles. The summed E-state index contributed by atoms with van der Waals surface area (Å²) >= 11 is 0. The molecule has 7 nitrogen and oxygen atoms in total. The van der Waals surface area contributed by atoms with Crippen molar-refractivity contribution in [3.8, 4) is 0 Å². The van der Waals surface area contributed by atoms with E-state index in [0.717, 1.165) is 31.6 Å². The average molecular weight is 486 g/mol. The number of hydrogen-bond donors (Lipinski definition) is 2. The second-order valence-electron chi connectivity index (χ2n) is 11.8. The highest BCUT2D eigenvalue weighted by atomic mass is 16.2. The Kier molecular flexibility index (Phi) is 8.24. The number of hydrogen-bond acceptors (Lipinski definition) is 4. The first-order chi connectivity index (χ1) is 16.8. The summed E-state index contributed by atoms with van der Waals surface area (Å²) in [6.07, 6.45) is 10.5. The minimum atomic E-state index is -0.701. The molecule has 4 rings (SSSR count). The lowest BCUT2D eigenvalue weighted by molar-refractivity contribution is -0.162. The topological polar surface area (TPSA) is 81.3 Å². The van der Waals surface area contributed by atoms with Gasteiger partial charge in [-0.15, -0.1) is 0 Å². The fraction of sp³-hybridized carbons (Fsp3) is 0.821. The fourth-order valence-electron chi connectivity index (χ4n) is 6.98. The molecule has 3 aliphatic rings. The van der Waals surface area contributed by atoms with Crippen LogP contribution in [0.1, 0.15) is 108 Å². The Balaban J connectivity index is 1.58. The molecule has 35 heavy (non-hydrogen) atoms. The van der Waals surface area contributed by atoms with E-state index in [0.29, 0.717) is 43.7 Å². The molecule has 3 fully saturated rings. The number of nitrogens with one attached hydrogen (secondary N) is 2. The van der Waals surface area contributed by atoms with E-state index in [-0.39, 0.29) is 17.9 Å². The highest BCUT2D eigenvalue weighted by Gasteiger charge is 2.54. The number of H-pyrrole nitrogens is 1.